The smallest absolute Gasteiger partial charge is 0.0127 e. The summed E-state index contributed by atoms with van der Waals surface area (Å²) in [6.07, 6.45) is 6.46. The zero-order valence-corrected chi connectivity index (χ0v) is 13.9. The monoisotopic (exact) mass is 291 g/mol. The Morgan fingerprint density at radius 1 is 1.00 bits per heavy atom. The first-order valence-electron chi connectivity index (χ1n) is 8.78. The first kappa shape index (κ1) is 15.3. The van der Waals surface area contributed by atoms with Crippen LogP contribution in [0, 0.1) is 11.8 Å². The Labute approximate surface area is 135 Å². The largest absolute Gasteiger partial charge is 0.0648 e. The van der Waals surface area contributed by atoms with Gasteiger partial charge in [0.2, 0.25) is 0 Å². The summed E-state index contributed by atoms with van der Waals surface area (Å²) < 4.78 is 0. The summed E-state index contributed by atoms with van der Waals surface area (Å²) in [7, 11) is 0. The lowest BCUT2D eigenvalue weighted by atomic mass is 9.69. The van der Waals surface area contributed by atoms with Crippen LogP contribution in [0.2, 0.25) is 0 Å². The van der Waals surface area contributed by atoms with E-state index in [1.54, 1.807) is 11.5 Å². The molecule has 3 rings (SSSR count). The van der Waals surface area contributed by atoms with Crippen molar-refractivity contribution in [3.63, 3.8) is 0 Å². The van der Waals surface area contributed by atoms with E-state index in [0.717, 1.165) is 12.3 Å². The van der Waals surface area contributed by atoms with E-state index in [0.29, 0.717) is 5.92 Å². The number of benzene rings is 2. The first-order chi connectivity index (χ1) is 10.8. The van der Waals surface area contributed by atoms with Crippen LogP contribution in [0.3, 0.4) is 0 Å². The minimum absolute atomic E-state index is 0.641. The maximum Gasteiger partial charge on any atom is 0.0127 e. The molecule has 0 amide bonds. The second kappa shape index (κ2) is 7.13. The summed E-state index contributed by atoms with van der Waals surface area (Å²) in [5, 5.41) is 0. The molecule has 0 heteroatoms. The molecule has 0 spiro atoms. The Hall–Kier alpha value is -1.56. The molecule has 1 radical (unpaired) electrons. The SMILES string of the molecule is CCC(C)c1ccccc1[C](Cc1ccccc1)C1CCC1. The van der Waals surface area contributed by atoms with Crippen LogP contribution in [0.4, 0.5) is 0 Å². The van der Waals surface area contributed by atoms with E-state index in [4.69, 9.17) is 0 Å². The van der Waals surface area contributed by atoms with E-state index in [-0.39, 0.29) is 0 Å². The fourth-order valence-electron chi connectivity index (χ4n) is 3.47. The third-order valence-electron chi connectivity index (χ3n) is 5.29. The lowest BCUT2D eigenvalue weighted by Crippen LogP contribution is -2.24. The molecule has 0 saturated heterocycles. The lowest BCUT2D eigenvalue weighted by Gasteiger charge is -2.35. The van der Waals surface area contributed by atoms with Crippen molar-refractivity contribution in [3.8, 4) is 0 Å². The molecule has 2 aromatic rings. The Bertz CT molecular complexity index is 580. The topological polar surface area (TPSA) is 0 Å². The molecule has 0 aliphatic heterocycles. The summed E-state index contributed by atoms with van der Waals surface area (Å²) in [6.45, 7) is 4.65. The molecule has 1 fully saturated rings. The van der Waals surface area contributed by atoms with Gasteiger partial charge in [0, 0.05) is 5.92 Å². The molecule has 2 aromatic carbocycles. The zero-order valence-electron chi connectivity index (χ0n) is 13.9. The van der Waals surface area contributed by atoms with Crippen LogP contribution in [0.15, 0.2) is 54.6 Å². The van der Waals surface area contributed by atoms with Crippen molar-refractivity contribution >= 4 is 0 Å². The molecule has 0 aromatic heterocycles. The average molecular weight is 291 g/mol. The molecule has 0 heterocycles. The highest BCUT2D eigenvalue weighted by molar-refractivity contribution is 5.44. The van der Waals surface area contributed by atoms with Crippen LogP contribution in [0.5, 0.6) is 0 Å². The van der Waals surface area contributed by atoms with Crippen LogP contribution in [-0.2, 0) is 6.42 Å². The van der Waals surface area contributed by atoms with Crippen LogP contribution in [-0.4, -0.2) is 0 Å². The second-order valence-electron chi connectivity index (χ2n) is 6.71. The molecule has 0 N–H and O–H groups in total. The normalized spacial score (nSPS) is 16.5. The van der Waals surface area contributed by atoms with E-state index in [9.17, 15) is 0 Å². The van der Waals surface area contributed by atoms with Gasteiger partial charge in [-0.25, -0.2) is 0 Å². The van der Waals surface area contributed by atoms with Crippen LogP contribution in [0.25, 0.3) is 0 Å². The van der Waals surface area contributed by atoms with Crippen molar-refractivity contribution in [2.75, 3.05) is 0 Å². The summed E-state index contributed by atoms with van der Waals surface area (Å²) in [5.74, 6) is 3.11. The molecule has 0 nitrogen and oxygen atoms in total. The van der Waals surface area contributed by atoms with Gasteiger partial charge in [-0.1, -0.05) is 74.9 Å². The summed E-state index contributed by atoms with van der Waals surface area (Å²) in [6, 6.07) is 20.1. The molecule has 22 heavy (non-hydrogen) atoms. The minimum atomic E-state index is 0.641. The summed E-state index contributed by atoms with van der Waals surface area (Å²) in [4.78, 5) is 0. The Kier molecular flexibility index (Phi) is 4.97. The highest BCUT2D eigenvalue weighted by atomic mass is 14.3. The molecule has 1 saturated carbocycles. The van der Waals surface area contributed by atoms with Gasteiger partial charge in [0.05, 0.1) is 0 Å². The third kappa shape index (κ3) is 3.27. The van der Waals surface area contributed by atoms with Crippen LogP contribution >= 0.6 is 0 Å². The summed E-state index contributed by atoms with van der Waals surface area (Å²) >= 11 is 0. The maximum atomic E-state index is 2.36. The van der Waals surface area contributed by atoms with Gasteiger partial charge in [0.15, 0.2) is 0 Å². The number of rotatable bonds is 6. The van der Waals surface area contributed by atoms with Crippen molar-refractivity contribution in [1.82, 2.24) is 0 Å². The fraction of sp³-hybridized carbons (Fsp3) is 0.409. The van der Waals surface area contributed by atoms with Gasteiger partial charge < -0.3 is 0 Å². The van der Waals surface area contributed by atoms with Crippen molar-refractivity contribution in [1.29, 1.82) is 0 Å². The Morgan fingerprint density at radius 3 is 2.32 bits per heavy atom. The van der Waals surface area contributed by atoms with Crippen molar-refractivity contribution in [3.05, 3.63) is 77.2 Å². The van der Waals surface area contributed by atoms with Crippen molar-refractivity contribution in [2.24, 2.45) is 5.92 Å². The quantitative estimate of drug-likeness (QED) is 0.597. The second-order valence-corrected chi connectivity index (χ2v) is 6.71. The van der Waals surface area contributed by atoms with Gasteiger partial charge in [0.1, 0.15) is 0 Å². The van der Waals surface area contributed by atoms with Gasteiger partial charge >= 0.3 is 0 Å². The number of hydrogen-bond acceptors (Lipinski definition) is 0. The van der Waals surface area contributed by atoms with Crippen LogP contribution in [0.1, 0.15) is 62.1 Å². The molecular formula is C22H27. The zero-order chi connectivity index (χ0) is 15.4. The first-order valence-corrected chi connectivity index (χ1v) is 8.78. The predicted octanol–water partition coefficient (Wildman–Crippen LogP) is 6.17. The van der Waals surface area contributed by atoms with Gasteiger partial charge in [-0.15, -0.1) is 0 Å². The molecule has 115 valence electrons. The molecule has 0 bridgehead atoms. The minimum Gasteiger partial charge on any atom is -0.0648 e. The fourth-order valence-corrected chi connectivity index (χ4v) is 3.47. The Balaban J connectivity index is 1.92. The molecule has 1 unspecified atom stereocenters. The molecule has 1 aliphatic carbocycles. The highest BCUT2D eigenvalue weighted by Gasteiger charge is 2.31. The van der Waals surface area contributed by atoms with Crippen LogP contribution < -0.4 is 0 Å². The van der Waals surface area contributed by atoms with E-state index < -0.39 is 0 Å². The standard InChI is InChI=1S/C22H27/c1-3-17(2)20-14-7-8-15-21(20)22(19-12-9-13-19)16-18-10-5-4-6-11-18/h4-8,10-11,14-15,17,19H,3,9,12-13,16H2,1-2H3. The predicted molar refractivity (Wildman–Crippen MR) is 95.0 cm³/mol. The maximum absolute atomic E-state index is 2.36. The highest BCUT2D eigenvalue weighted by Crippen LogP contribution is 2.42. The van der Waals surface area contributed by atoms with Crippen molar-refractivity contribution < 1.29 is 0 Å². The van der Waals surface area contributed by atoms with E-state index in [1.165, 1.54) is 36.8 Å². The third-order valence-corrected chi connectivity index (χ3v) is 5.29. The molecule has 1 aliphatic rings. The number of hydrogen-bond donors (Lipinski definition) is 0. The van der Waals surface area contributed by atoms with Gasteiger partial charge in [-0.3, -0.25) is 0 Å². The summed E-state index contributed by atoms with van der Waals surface area (Å²) in [5.41, 5.74) is 4.52. The molecular weight excluding hydrogens is 264 g/mol. The van der Waals surface area contributed by atoms with E-state index >= 15 is 0 Å². The van der Waals surface area contributed by atoms with Crippen molar-refractivity contribution in [2.45, 2.75) is 51.9 Å². The lowest BCUT2D eigenvalue weighted by molar-refractivity contribution is 0.331. The van der Waals surface area contributed by atoms with Gasteiger partial charge in [0.25, 0.3) is 0 Å². The Morgan fingerprint density at radius 2 is 1.68 bits per heavy atom. The molecule has 1 atom stereocenters. The van der Waals surface area contributed by atoms with E-state index in [2.05, 4.69) is 68.4 Å². The average Bonchev–Trinajstić information content (AvgIpc) is 2.53. The van der Waals surface area contributed by atoms with E-state index in [1.807, 2.05) is 0 Å². The van der Waals surface area contributed by atoms with Gasteiger partial charge in [-0.2, -0.15) is 0 Å². The van der Waals surface area contributed by atoms with Gasteiger partial charge in [-0.05, 0) is 54.2 Å².